The van der Waals surface area contributed by atoms with Gasteiger partial charge < -0.3 is 13.7 Å². The molecule has 10 rings (SSSR count). The summed E-state index contributed by atoms with van der Waals surface area (Å²) in [7, 11) is 0. The van der Waals surface area contributed by atoms with Gasteiger partial charge in [0.25, 0.3) is 0 Å². The van der Waals surface area contributed by atoms with Crippen molar-refractivity contribution in [2.45, 2.75) is 0 Å². The van der Waals surface area contributed by atoms with Crippen molar-refractivity contribution < 1.29 is 8.83 Å². The van der Waals surface area contributed by atoms with E-state index in [1.807, 2.05) is 24.3 Å². The number of anilines is 3. The first-order valence-corrected chi connectivity index (χ1v) is 16.8. The minimum Gasteiger partial charge on any atom is -0.456 e. The SMILES string of the molecule is c1ccc(-c2ccc(N(c3ccc(-c4nc5c(ccc6sc7ccccc7c65)o4)cc3)c3ccc4c(c3)oc3ccccc34)cc2)cc1. The van der Waals surface area contributed by atoms with Crippen molar-refractivity contribution in [3.63, 3.8) is 0 Å². The van der Waals surface area contributed by atoms with Gasteiger partial charge in [-0.3, -0.25) is 0 Å². The Labute approximate surface area is 279 Å². The molecule has 7 aromatic carbocycles. The third-order valence-corrected chi connectivity index (χ3v) is 10.3. The van der Waals surface area contributed by atoms with Crippen molar-refractivity contribution >= 4 is 81.6 Å². The van der Waals surface area contributed by atoms with E-state index in [0.717, 1.165) is 61.1 Å². The molecule has 0 saturated carbocycles. The summed E-state index contributed by atoms with van der Waals surface area (Å²) in [5, 5.41) is 4.60. The van der Waals surface area contributed by atoms with E-state index in [4.69, 9.17) is 13.8 Å². The van der Waals surface area contributed by atoms with Gasteiger partial charge in [-0.2, -0.15) is 0 Å². The Morgan fingerprint density at radius 3 is 1.90 bits per heavy atom. The fourth-order valence-electron chi connectivity index (χ4n) is 6.81. The van der Waals surface area contributed by atoms with Crippen LogP contribution in [0.3, 0.4) is 0 Å². The molecular formula is C43H26N2O2S. The standard InChI is InChI=1S/C43H26N2O2S/c1-2-8-27(9-3-1)28-14-18-30(19-15-28)45(32-22-23-34-33-10-4-6-12-36(33)46-38(34)26-32)31-20-16-29(17-21-31)43-44-42-37(47-43)24-25-40-41(42)35-11-5-7-13-39(35)48-40/h1-26H. The maximum Gasteiger partial charge on any atom is 0.227 e. The van der Waals surface area contributed by atoms with E-state index in [9.17, 15) is 0 Å². The summed E-state index contributed by atoms with van der Waals surface area (Å²) in [5.41, 5.74) is 9.81. The quantitative estimate of drug-likeness (QED) is 0.189. The number of para-hydroxylation sites is 1. The maximum absolute atomic E-state index is 6.35. The summed E-state index contributed by atoms with van der Waals surface area (Å²) in [6.45, 7) is 0. The van der Waals surface area contributed by atoms with Gasteiger partial charge in [0.1, 0.15) is 16.7 Å². The van der Waals surface area contributed by atoms with Crippen LogP contribution >= 0.6 is 11.3 Å². The second kappa shape index (κ2) is 10.7. The summed E-state index contributed by atoms with van der Waals surface area (Å²) in [4.78, 5) is 7.29. The molecule has 0 aliphatic heterocycles. The molecule has 5 heteroatoms. The van der Waals surface area contributed by atoms with Crippen LogP contribution in [0.2, 0.25) is 0 Å². The lowest BCUT2D eigenvalue weighted by molar-refractivity contribution is 0.620. The molecule has 226 valence electrons. The highest BCUT2D eigenvalue weighted by Gasteiger charge is 2.18. The van der Waals surface area contributed by atoms with Crippen molar-refractivity contribution in [3.05, 3.63) is 158 Å². The lowest BCUT2D eigenvalue weighted by atomic mass is 10.0. The van der Waals surface area contributed by atoms with Gasteiger partial charge in [-0.15, -0.1) is 11.3 Å². The number of hydrogen-bond acceptors (Lipinski definition) is 5. The molecular weight excluding hydrogens is 609 g/mol. The largest absolute Gasteiger partial charge is 0.456 e. The van der Waals surface area contributed by atoms with Crippen LogP contribution in [-0.2, 0) is 0 Å². The first-order chi connectivity index (χ1) is 23.8. The summed E-state index contributed by atoms with van der Waals surface area (Å²) in [6, 6.07) is 54.9. The highest BCUT2D eigenvalue weighted by Crippen LogP contribution is 2.42. The molecule has 0 aliphatic carbocycles. The van der Waals surface area contributed by atoms with Crippen LogP contribution in [0.15, 0.2) is 167 Å². The monoisotopic (exact) mass is 634 g/mol. The Balaban J connectivity index is 1.08. The Hall–Kier alpha value is -6.17. The van der Waals surface area contributed by atoms with Crippen molar-refractivity contribution in [1.82, 2.24) is 4.98 Å². The molecule has 0 bridgehead atoms. The molecule has 3 aromatic heterocycles. The van der Waals surface area contributed by atoms with E-state index in [1.54, 1.807) is 11.3 Å². The van der Waals surface area contributed by atoms with Crippen LogP contribution in [-0.4, -0.2) is 4.98 Å². The minimum atomic E-state index is 0.613. The van der Waals surface area contributed by atoms with Crippen molar-refractivity contribution in [2.75, 3.05) is 4.90 Å². The van der Waals surface area contributed by atoms with E-state index < -0.39 is 0 Å². The molecule has 0 fully saturated rings. The van der Waals surface area contributed by atoms with E-state index in [0.29, 0.717) is 5.89 Å². The lowest BCUT2D eigenvalue weighted by Crippen LogP contribution is -2.09. The van der Waals surface area contributed by atoms with Gasteiger partial charge in [0.05, 0.1) is 0 Å². The maximum atomic E-state index is 6.35. The number of rotatable bonds is 5. The average molecular weight is 635 g/mol. The predicted octanol–water partition coefficient (Wildman–Crippen LogP) is 12.9. The molecule has 0 aliphatic rings. The van der Waals surface area contributed by atoms with Gasteiger partial charge in [0.15, 0.2) is 5.58 Å². The summed E-state index contributed by atoms with van der Waals surface area (Å²) < 4.78 is 15.1. The number of aromatic nitrogens is 1. The fourth-order valence-corrected chi connectivity index (χ4v) is 7.92. The zero-order valence-corrected chi connectivity index (χ0v) is 26.4. The average Bonchev–Trinajstić information content (AvgIpc) is 3.86. The van der Waals surface area contributed by atoms with E-state index >= 15 is 0 Å². The minimum absolute atomic E-state index is 0.613. The van der Waals surface area contributed by atoms with Gasteiger partial charge in [0.2, 0.25) is 5.89 Å². The van der Waals surface area contributed by atoms with Gasteiger partial charge in [-0.05, 0) is 83.9 Å². The number of thiophene rings is 1. The van der Waals surface area contributed by atoms with E-state index in [2.05, 4.69) is 138 Å². The van der Waals surface area contributed by atoms with Crippen molar-refractivity contribution in [1.29, 1.82) is 0 Å². The molecule has 3 heterocycles. The molecule has 0 radical (unpaired) electrons. The Morgan fingerprint density at radius 2 is 1.08 bits per heavy atom. The summed E-state index contributed by atoms with van der Waals surface area (Å²) in [5.74, 6) is 0.613. The first-order valence-electron chi connectivity index (χ1n) is 15.9. The molecule has 0 N–H and O–H groups in total. The number of nitrogens with zero attached hydrogens (tertiary/aromatic N) is 2. The second-order valence-corrected chi connectivity index (χ2v) is 13.1. The van der Waals surface area contributed by atoms with Gasteiger partial charge in [-0.25, -0.2) is 4.98 Å². The normalized spacial score (nSPS) is 11.8. The predicted molar refractivity (Wildman–Crippen MR) is 200 cm³/mol. The van der Waals surface area contributed by atoms with Gasteiger partial charge >= 0.3 is 0 Å². The third kappa shape index (κ3) is 4.33. The van der Waals surface area contributed by atoms with Crippen molar-refractivity contribution in [2.24, 2.45) is 0 Å². The third-order valence-electron chi connectivity index (χ3n) is 9.12. The molecule has 0 atom stereocenters. The van der Waals surface area contributed by atoms with Crippen LogP contribution < -0.4 is 4.90 Å². The topological polar surface area (TPSA) is 42.4 Å². The Bertz CT molecular complexity index is 2770. The zero-order valence-electron chi connectivity index (χ0n) is 25.6. The molecule has 4 nitrogen and oxygen atoms in total. The van der Waals surface area contributed by atoms with E-state index in [1.165, 1.54) is 25.9 Å². The fraction of sp³-hybridized carbons (Fsp3) is 0. The highest BCUT2D eigenvalue weighted by atomic mass is 32.1. The molecule has 10 aromatic rings. The van der Waals surface area contributed by atoms with Gasteiger partial charge in [0, 0.05) is 59.6 Å². The van der Waals surface area contributed by atoms with Crippen LogP contribution in [0.5, 0.6) is 0 Å². The second-order valence-electron chi connectivity index (χ2n) is 12.0. The first kappa shape index (κ1) is 27.0. The van der Waals surface area contributed by atoms with Gasteiger partial charge in [-0.1, -0.05) is 78.9 Å². The lowest BCUT2D eigenvalue weighted by Gasteiger charge is -2.25. The summed E-state index contributed by atoms with van der Waals surface area (Å²) >= 11 is 1.79. The molecule has 0 unspecified atom stereocenters. The number of furan rings is 1. The van der Waals surface area contributed by atoms with E-state index in [-0.39, 0.29) is 0 Å². The summed E-state index contributed by atoms with van der Waals surface area (Å²) in [6.07, 6.45) is 0. The molecule has 48 heavy (non-hydrogen) atoms. The Morgan fingerprint density at radius 1 is 0.438 bits per heavy atom. The smallest absolute Gasteiger partial charge is 0.227 e. The van der Waals surface area contributed by atoms with Crippen molar-refractivity contribution in [3.8, 4) is 22.6 Å². The van der Waals surface area contributed by atoms with Crippen LogP contribution in [0.1, 0.15) is 0 Å². The molecule has 0 amide bonds. The molecule has 0 saturated heterocycles. The van der Waals surface area contributed by atoms with Crippen LogP contribution in [0.25, 0.3) is 75.8 Å². The number of oxazole rings is 1. The highest BCUT2D eigenvalue weighted by molar-refractivity contribution is 7.26. The Kier molecular flexibility index (Phi) is 6.01. The molecule has 0 spiro atoms. The van der Waals surface area contributed by atoms with Crippen LogP contribution in [0, 0.1) is 0 Å². The van der Waals surface area contributed by atoms with Crippen LogP contribution in [0.4, 0.5) is 17.1 Å². The number of hydrogen-bond donors (Lipinski definition) is 0. The number of fused-ring (bicyclic) bond motifs is 8. The zero-order chi connectivity index (χ0) is 31.6. The number of benzene rings is 7.